The zero-order valence-corrected chi connectivity index (χ0v) is 16.0. The number of furan rings is 1. The molecule has 1 N–H and O–H groups in total. The second-order valence-corrected chi connectivity index (χ2v) is 8.91. The van der Waals surface area contributed by atoms with Gasteiger partial charge in [-0.05, 0) is 49.2 Å². The Morgan fingerprint density at radius 2 is 2.00 bits per heavy atom. The van der Waals surface area contributed by atoms with Crippen LogP contribution in [0.15, 0.2) is 56.7 Å². The lowest BCUT2D eigenvalue weighted by Crippen LogP contribution is -2.28. The molecule has 1 aliphatic heterocycles. The minimum Gasteiger partial charge on any atom is -0.459 e. The third-order valence-corrected chi connectivity index (χ3v) is 6.89. The number of sulfone groups is 1. The SMILES string of the molecule is CCCCC1NCCc2c1oc1ccc(S(=O)(=O)c3cccc(F)c3)cc21. The zero-order chi connectivity index (χ0) is 19.0. The highest BCUT2D eigenvalue weighted by Crippen LogP contribution is 2.36. The normalized spacial score (nSPS) is 17.2. The Bertz CT molecular complexity index is 1090. The Hall–Kier alpha value is -2.18. The highest BCUT2D eigenvalue weighted by atomic mass is 32.2. The molecule has 4 rings (SSSR count). The summed E-state index contributed by atoms with van der Waals surface area (Å²) in [7, 11) is -3.78. The highest BCUT2D eigenvalue weighted by molar-refractivity contribution is 7.91. The topological polar surface area (TPSA) is 59.3 Å². The number of fused-ring (bicyclic) bond motifs is 3. The first kappa shape index (κ1) is 18.2. The molecular weight excluding hydrogens is 365 g/mol. The summed E-state index contributed by atoms with van der Waals surface area (Å²) in [6.45, 7) is 3.00. The van der Waals surface area contributed by atoms with Gasteiger partial charge in [-0.25, -0.2) is 12.8 Å². The molecule has 0 fully saturated rings. The van der Waals surface area contributed by atoms with Gasteiger partial charge in [-0.1, -0.05) is 25.8 Å². The Labute approximate surface area is 158 Å². The molecule has 0 spiro atoms. The number of nitrogens with one attached hydrogen (secondary N) is 1. The molecule has 142 valence electrons. The minimum absolute atomic E-state index is 0.0401. The van der Waals surface area contributed by atoms with Crippen LogP contribution in [0, 0.1) is 5.82 Å². The standard InChI is InChI=1S/C21H22FNO3S/c1-2-3-7-19-21-17(10-11-23-19)18-13-16(8-9-20(18)26-21)27(24,25)15-6-4-5-14(22)12-15/h4-6,8-9,12-13,19,23H,2-3,7,10-11H2,1H3. The van der Waals surface area contributed by atoms with Crippen molar-refractivity contribution in [3.8, 4) is 0 Å². The number of halogens is 1. The average Bonchev–Trinajstić information content (AvgIpc) is 3.05. The molecule has 0 bridgehead atoms. The molecule has 2 aromatic carbocycles. The van der Waals surface area contributed by atoms with Gasteiger partial charge in [-0.15, -0.1) is 0 Å². The summed E-state index contributed by atoms with van der Waals surface area (Å²) in [6.07, 6.45) is 4.02. The summed E-state index contributed by atoms with van der Waals surface area (Å²) < 4.78 is 45.4. The molecule has 1 unspecified atom stereocenters. The van der Waals surface area contributed by atoms with Crippen LogP contribution in [0.2, 0.25) is 0 Å². The number of benzene rings is 2. The van der Waals surface area contributed by atoms with Crippen LogP contribution < -0.4 is 5.32 Å². The van der Waals surface area contributed by atoms with Crippen LogP contribution in [0.1, 0.15) is 43.6 Å². The molecule has 4 nitrogen and oxygen atoms in total. The summed E-state index contributed by atoms with van der Waals surface area (Å²) in [6, 6.07) is 10.2. The molecule has 2 heterocycles. The first-order valence-electron chi connectivity index (χ1n) is 9.30. The van der Waals surface area contributed by atoms with Crippen molar-refractivity contribution in [3.05, 3.63) is 59.6 Å². The van der Waals surface area contributed by atoms with E-state index >= 15 is 0 Å². The smallest absolute Gasteiger partial charge is 0.206 e. The van der Waals surface area contributed by atoms with E-state index in [2.05, 4.69) is 12.2 Å². The molecule has 0 radical (unpaired) electrons. The summed E-state index contributed by atoms with van der Waals surface area (Å²) in [5, 5.41) is 4.33. The molecule has 1 atom stereocenters. The third kappa shape index (κ3) is 3.28. The monoisotopic (exact) mass is 387 g/mol. The fourth-order valence-electron chi connectivity index (χ4n) is 3.73. The van der Waals surface area contributed by atoms with Gasteiger partial charge in [-0.2, -0.15) is 0 Å². The minimum atomic E-state index is -3.78. The van der Waals surface area contributed by atoms with E-state index in [-0.39, 0.29) is 15.8 Å². The maximum Gasteiger partial charge on any atom is 0.206 e. The van der Waals surface area contributed by atoms with Crippen molar-refractivity contribution in [3.63, 3.8) is 0 Å². The Kier molecular flexibility index (Phi) is 4.78. The predicted octanol–water partition coefficient (Wildman–Crippen LogP) is 4.78. The average molecular weight is 387 g/mol. The van der Waals surface area contributed by atoms with E-state index in [1.807, 2.05) is 0 Å². The van der Waals surface area contributed by atoms with E-state index in [1.165, 1.54) is 24.3 Å². The van der Waals surface area contributed by atoms with Crippen molar-refractivity contribution >= 4 is 20.8 Å². The van der Waals surface area contributed by atoms with Gasteiger partial charge in [0.15, 0.2) is 0 Å². The van der Waals surface area contributed by atoms with Gasteiger partial charge in [0, 0.05) is 17.5 Å². The van der Waals surface area contributed by atoms with Crippen molar-refractivity contribution in [2.24, 2.45) is 0 Å². The quantitative estimate of drug-likeness (QED) is 0.684. The fourth-order valence-corrected chi connectivity index (χ4v) is 5.05. The molecule has 27 heavy (non-hydrogen) atoms. The molecule has 1 aliphatic rings. The lowest BCUT2D eigenvalue weighted by atomic mass is 9.96. The summed E-state index contributed by atoms with van der Waals surface area (Å²) in [5.41, 5.74) is 1.78. The van der Waals surface area contributed by atoms with Crippen LogP contribution in [-0.4, -0.2) is 15.0 Å². The first-order valence-corrected chi connectivity index (χ1v) is 10.8. The molecule has 3 aromatic rings. The lowest BCUT2D eigenvalue weighted by Gasteiger charge is -2.22. The van der Waals surface area contributed by atoms with Crippen LogP contribution in [0.3, 0.4) is 0 Å². The second kappa shape index (κ2) is 7.09. The van der Waals surface area contributed by atoms with Crippen LogP contribution in [0.25, 0.3) is 11.0 Å². The van der Waals surface area contributed by atoms with Crippen molar-refractivity contribution in [1.29, 1.82) is 0 Å². The van der Waals surface area contributed by atoms with Crippen molar-refractivity contribution in [2.45, 2.75) is 48.4 Å². The Morgan fingerprint density at radius 1 is 1.19 bits per heavy atom. The second-order valence-electron chi connectivity index (χ2n) is 6.96. The number of rotatable bonds is 5. The first-order chi connectivity index (χ1) is 13.0. The number of unbranched alkanes of at least 4 members (excludes halogenated alkanes) is 1. The van der Waals surface area contributed by atoms with Gasteiger partial charge < -0.3 is 9.73 Å². The van der Waals surface area contributed by atoms with Crippen molar-refractivity contribution in [1.82, 2.24) is 5.32 Å². The van der Waals surface area contributed by atoms with E-state index in [4.69, 9.17) is 4.42 Å². The van der Waals surface area contributed by atoms with Crippen LogP contribution in [0.4, 0.5) is 4.39 Å². The molecule has 1 aromatic heterocycles. The largest absolute Gasteiger partial charge is 0.459 e. The summed E-state index contributed by atoms with van der Waals surface area (Å²) >= 11 is 0. The van der Waals surface area contributed by atoms with E-state index in [0.717, 1.165) is 55.0 Å². The van der Waals surface area contributed by atoms with Crippen LogP contribution >= 0.6 is 0 Å². The van der Waals surface area contributed by atoms with E-state index in [9.17, 15) is 12.8 Å². The van der Waals surface area contributed by atoms with E-state index in [0.29, 0.717) is 5.58 Å². The van der Waals surface area contributed by atoms with Crippen molar-refractivity contribution in [2.75, 3.05) is 6.54 Å². The molecule has 0 saturated carbocycles. The van der Waals surface area contributed by atoms with Crippen molar-refractivity contribution < 1.29 is 17.2 Å². The third-order valence-electron chi connectivity index (χ3n) is 5.14. The zero-order valence-electron chi connectivity index (χ0n) is 15.2. The Balaban J connectivity index is 1.79. The predicted molar refractivity (Wildman–Crippen MR) is 102 cm³/mol. The maximum atomic E-state index is 13.5. The molecule has 0 amide bonds. The summed E-state index contributed by atoms with van der Waals surface area (Å²) in [4.78, 5) is 0.120. The van der Waals surface area contributed by atoms with Crippen LogP contribution in [0.5, 0.6) is 0 Å². The number of hydrogen-bond acceptors (Lipinski definition) is 4. The van der Waals surface area contributed by atoms with Gasteiger partial charge in [0.25, 0.3) is 0 Å². The summed E-state index contributed by atoms with van der Waals surface area (Å²) in [5.74, 6) is 0.354. The molecule has 0 saturated heterocycles. The lowest BCUT2D eigenvalue weighted by molar-refractivity contribution is 0.380. The fraction of sp³-hybridized carbons (Fsp3) is 0.333. The van der Waals surface area contributed by atoms with Gasteiger partial charge in [0.05, 0.1) is 15.8 Å². The molecule has 0 aliphatic carbocycles. The molecular formula is C21H22FNO3S. The van der Waals surface area contributed by atoms with Gasteiger partial charge in [-0.3, -0.25) is 0 Å². The van der Waals surface area contributed by atoms with Gasteiger partial charge in [0.1, 0.15) is 17.2 Å². The maximum absolute atomic E-state index is 13.5. The highest BCUT2D eigenvalue weighted by Gasteiger charge is 2.27. The molecule has 6 heteroatoms. The Morgan fingerprint density at radius 3 is 2.78 bits per heavy atom. The van der Waals surface area contributed by atoms with E-state index in [1.54, 1.807) is 12.1 Å². The van der Waals surface area contributed by atoms with Gasteiger partial charge >= 0.3 is 0 Å². The van der Waals surface area contributed by atoms with E-state index < -0.39 is 15.7 Å². The van der Waals surface area contributed by atoms with Gasteiger partial charge in [0.2, 0.25) is 9.84 Å². The van der Waals surface area contributed by atoms with Crippen LogP contribution in [-0.2, 0) is 16.3 Å². The number of hydrogen-bond donors (Lipinski definition) is 1.